The summed E-state index contributed by atoms with van der Waals surface area (Å²) in [5.41, 5.74) is 1.81. The van der Waals surface area contributed by atoms with E-state index in [4.69, 9.17) is 14.2 Å². The molecule has 0 N–H and O–H groups in total. The van der Waals surface area contributed by atoms with Gasteiger partial charge in [-0.15, -0.1) is 0 Å². The standard InChI is InChI=1S/C21H21F3O4/c22-21(23,24)20(25)28-17-11-18(14-26-13-15-7-3-1-4-8-15)27-19(12-17)16-9-5-2-6-10-16/h1-10,17-19H,11-14H2/t17-,18-,19+/m1/s1. The van der Waals surface area contributed by atoms with Crippen LogP contribution in [0, 0.1) is 0 Å². The van der Waals surface area contributed by atoms with E-state index in [-0.39, 0.29) is 19.4 Å². The third-order valence-corrected chi connectivity index (χ3v) is 4.45. The van der Waals surface area contributed by atoms with Gasteiger partial charge in [-0.05, 0) is 11.1 Å². The van der Waals surface area contributed by atoms with Crippen LogP contribution in [0.3, 0.4) is 0 Å². The molecule has 0 aromatic heterocycles. The Bertz CT molecular complexity index is 749. The van der Waals surface area contributed by atoms with Gasteiger partial charge < -0.3 is 14.2 Å². The largest absolute Gasteiger partial charge is 0.490 e. The first-order chi connectivity index (χ1) is 13.4. The van der Waals surface area contributed by atoms with Gasteiger partial charge in [-0.3, -0.25) is 0 Å². The number of hydrogen-bond donors (Lipinski definition) is 0. The van der Waals surface area contributed by atoms with Crippen molar-refractivity contribution in [2.75, 3.05) is 6.61 Å². The van der Waals surface area contributed by atoms with E-state index in [2.05, 4.69) is 0 Å². The third-order valence-electron chi connectivity index (χ3n) is 4.45. The lowest BCUT2D eigenvalue weighted by Gasteiger charge is -2.35. The van der Waals surface area contributed by atoms with Crippen molar-refractivity contribution in [3.8, 4) is 0 Å². The van der Waals surface area contributed by atoms with E-state index in [0.29, 0.717) is 6.61 Å². The lowest BCUT2D eigenvalue weighted by Crippen LogP contribution is -2.39. The van der Waals surface area contributed by atoms with E-state index in [1.165, 1.54) is 0 Å². The fraction of sp³-hybridized carbons (Fsp3) is 0.381. The maximum absolute atomic E-state index is 12.6. The molecule has 0 amide bonds. The van der Waals surface area contributed by atoms with E-state index < -0.39 is 30.5 Å². The van der Waals surface area contributed by atoms with E-state index >= 15 is 0 Å². The normalized spacial score (nSPS) is 22.6. The Balaban J connectivity index is 1.63. The number of carbonyl (C=O) groups is 1. The maximum Gasteiger partial charge on any atom is 0.490 e. The minimum absolute atomic E-state index is 0.153. The Morgan fingerprint density at radius 1 is 1.00 bits per heavy atom. The summed E-state index contributed by atoms with van der Waals surface area (Å²) in [6.45, 7) is 0.558. The molecule has 0 aliphatic carbocycles. The Kier molecular flexibility index (Phi) is 6.70. The van der Waals surface area contributed by atoms with Crippen LogP contribution < -0.4 is 0 Å². The molecular weight excluding hydrogens is 373 g/mol. The molecule has 1 aliphatic rings. The summed E-state index contributed by atoms with van der Waals surface area (Å²) < 4.78 is 54.1. The zero-order chi connectivity index (χ0) is 20.0. The van der Waals surface area contributed by atoms with Crippen LogP contribution >= 0.6 is 0 Å². The van der Waals surface area contributed by atoms with Gasteiger partial charge in [-0.1, -0.05) is 60.7 Å². The fourth-order valence-electron chi connectivity index (χ4n) is 3.16. The summed E-state index contributed by atoms with van der Waals surface area (Å²) in [6.07, 6.45) is -6.53. The van der Waals surface area contributed by atoms with Crippen molar-refractivity contribution in [2.45, 2.75) is 43.9 Å². The summed E-state index contributed by atoms with van der Waals surface area (Å²) in [6, 6.07) is 18.7. The smallest absolute Gasteiger partial charge is 0.456 e. The SMILES string of the molecule is O=C(O[C@@H]1C[C@H](COCc2ccccc2)O[C@H](c2ccccc2)C1)C(F)(F)F. The molecule has 150 valence electrons. The van der Waals surface area contributed by atoms with Crippen molar-refractivity contribution in [3.05, 3.63) is 71.8 Å². The first-order valence-corrected chi connectivity index (χ1v) is 9.01. The molecule has 1 saturated heterocycles. The Hall–Kier alpha value is -2.38. The molecule has 3 rings (SSSR count). The highest BCUT2D eigenvalue weighted by atomic mass is 19.4. The Morgan fingerprint density at radius 2 is 1.64 bits per heavy atom. The molecule has 2 aromatic carbocycles. The van der Waals surface area contributed by atoms with Gasteiger partial charge in [0, 0.05) is 12.8 Å². The second-order valence-corrected chi connectivity index (χ2v) is 6.65. The molecule has 0 saturated carbocycles. The first-order valence-electron chi connectivity index (χ1n) is 9.01. The van der Waals surface area contributed by atoms with Crippen LogP contribution in [0.15, 0.2) is 60.7 Å². The number of carbonyl (C=O) groups excluding carboxylic acids is 1. The number of halogens is 3. The predicted molar refractivity (Wildman–Crippen MR) is 95.3 cm³/mol. The zero-order valence-electron chi connectivity index (χ0n) is 15.1. The van der Waals surface area contributed by atoms with Crippen LogP contribution in [0.4, 0.5) is 13.2 Å². The van der Waals surface area contributed by atoms with Crippen LogP contribution in [-0.2, 0) is 25.6 Å². The second kappa shape index (κ2) is 9.21. The number of ether oxygens (including phenoxy) is 3. The number of alkyl halides is 3. The summed E-state index contributed by atoms with van der Waals surface area (Å²) in [7, 11) is 0. The lowest BCUT2D eigenvalue weighted by atomic mass is 9.96. The van der Waals surface area contributed by atoms with E-state index in [0.717, 1.165) is 11.1 Å². The zero-order valence-corrected chi connectivity index (χ0v) is 15.1. The molecule has 0 spiro atoms. The average Bonchev–Trinajstić information content (AvgIpc) is 2.68. The van der Waals surface area contributed by atoms with Crippen LogP contribution in [0.25, 0.3) is 0 Å². The van der Waals surface area contributed by atoms with Crippen molar-refractivity contribution in [1.82, 2.24) is 0 Å². The maximum atomic E-state index is 12.6. The second-order valence-electron chi connectivity index (χ2n) is 6.65. The molecule has 3 atom stereocenters. The Labute approximate surface area is 161 Å². The summed E-state index contributed by atoms with van der Waals surface area (Å²) in [5, 5.41) is 0. The molecule has 28 heavy (non-hydrogen) atoms. The molecule has 7 heteroatoms. The van der Waals surface area contributed by atoms with Crippen molar-refractivity contribution < 1.29 is 32.2 Å². The number of rotatable bonds is 6. The summed E-state index contributed by atoms with van der Waals surface area (Å²) >= 11 is 0. The monoisotopic (exact) mass is 394 g/mol. The molecule has 0 radical (unpaired) electrons. The summed E-state index contributed by atoms with van der Waals surface area (Å²) in [5.74, 6) is -2.17. The molecule has 1 heterocycles. The van der Waals surface area contributed by atoms with Gasteiger partial charge in [0.2, 0.25) is 0 Å². The number of benzene rings is 2. The van der Waals surface area contributed by atoms with Crippen molar-refractivity contribution in [2.24, 2.45) is 0 Å². The number of hydrogen-bond acceptors (Lipinski definition) is 4. The van der Waals surface area contributed by atoms with Gasteiger partial charge in [-0.25, -0.2) is 4.79 Å². The van der Waals surface area contributed by atoms with Gasteiger partial charge in [-0.2, -0.15) is 13.2 Å². The number of esters is 1. The van der Waals surface area contributed by atoms with Crippen LogP contribution in [0.1, 0.15) is 30.1 Å². The van der Waals surface area contributed by atoms with Gasteiger partial charge >= 0.3 is 12.1 Å². The van der Waals surface area contributed by atoms with Gasteiger partial charge in [0.15, 0.2) is 0 Å². The highest BCUT2D eigenvalue weighted by Gasteiger charge is 2.44. The quantitative estimate of drug-likeness (QED) is 0.672. The van der Waals surface area contributed by atoms with Crippen molar-refractivity contribution >= 4 is 5.97 Å². The van der Waals surface area contributed by atoms with Crippen LogP contribution in [0.5, 0.6) is 0 Å². The summed E-state index contributed by atoms with van der Waals surface area (Å²) in [4.78, 5) is 11.3. The Morgan fingerprint density at radius 3 is 2.29 bits per heavy atom. The molecular formula is C21H21F3O4. The highest BCUT2D eigenvalue weighted by molar-refractivity contribution is 5.75. The molecule has 2 aromatic rings. The fourth-order valence-corrected chi connectivity index (χ4v) is 3.16. The lowest BCUT2D eigenvalue weighted by molar-refractivity contribution is -0.213. The molecule has 0 unspecified atom stereocenters. The van der Waals surface area contributed by atoms with Crippen LogP contribution in [0.2, 0.25) is 0 Å². The van der Waals surface area contributed by atoms with E-state index in [1.54, 1.807) is 0 Å². The molecule has 4 nitrogen and oxygen atoms in total. The minimum Gasteiger partial charge on any atom is -0.456 e. The third kappa shape index (κ3) is 5.81. The van der Waals surface area contributed by atoms with Gasteiger partial charge in [0.1, 0.15) is 6.10 Å². The topological polar surface area (TPSA) is 44.8 Å². The molecule has 1 aliphatic heterocycles. The first kappa shape index (κ1) is 20.4. The average molecular weight is 394 g/mol. The van der Waals surface area contributed by atoms with Gasteiger partial charge in [0.25, 0.3) is 0 Å². The van der Waals surface area contributed by atoms with Gasteiger partial charge in [0.05, 0.1) is 25.4 Å². The van der Waals surface area contributed by atoms with E-state index in [9.17, 15) is 18.0 Å². The van der Waals surface area contributed by atoms with Crippen molar-refractivity contribution in [3.63, 3.8) is 0 Å². The van der Waals surface area contributed by atoms with Crippen LogP contribution in [-0.4, -0.2) is 31.0 Å². The van der Waals surface area contributed by atoms with E-state index in [1.807, 2.05) is 60.7 Å². The molecule has 1 fully saturated rings. The van der Waals surface area contributed by atoms with Crippen molar-refractivity contribution in [1.29, 1.82) is 0 Å². The predicted octanol–water partition coefficient (Wildman–Crippen LogP) is 4.60. The highest BCUT2D eigenvalue weighted by Crippen LogP contribution is 2.34. The molecule has 0 bridgehead atoms. The minimum atomic E-state index is -5.01.